The van der Waals surface area contributed by atoms with Gasteiger partial charge in [-0.25, -0.2) is 17.8 Å². The highest BCUT2D eigenvalue weighted by Gasteiger charge is 2.38. The SMILES string of the molecule is CCN(CC)[C@]1(C)CCN(c2cc(C)c(S(=O)(=O)Nc3cccc(F)n3)c(F)c2)C1. The summed E-state index contributed by atoms with van der Waals surface area (Å²) in [4.78, 5) is 7.51. The zero-order chi connectivity index (χ0) is 22.1. The Morgan fingerprint density at radius 1 is 1.23 bits per heavy atom. The van der Waals surface area contributed by atoms with Gasteiger partial charge in [0.15, 0.2) is 0 Å². The molecule has 0 amide bonds. The van der Waals surface area contributed by atoms with E-state index in [-0.39, 0.29) is 16.9 Å². The highest BCUT2D eigenvalue weighted by Crippen LogP contribution is 2.34. The van der Waals surface area contributed by atoms with Crippen molar-refractivity contribution >= 4 is 21.5 Å². The molecule has 30 heavy (non-hydrogen) atoms. The van der Waals surface area contributed by atoms with Gasteiger partial charge in [0.05, 0.1) is 0 Å². The highest BCUT2D eigenvalue weighted by molar-refractivity contribution is 7.92. The van der Waals surface area contributed by atoms with E-state index in [4.69, 9.17) is 0 Å². The Morgan fingerprint density at radius 2 is 1.93 bits per heavy atom. The number of pyridine rings is 1. The molecule has 3 rings (SSSR count). The number of hydrogen-bond donors (Lipinski definition) is 1. The first-order chi connectivity index (χ1) is 14.1. The summed E-state index contributed by atoms with van der Waals surface area (Å²) in [5, 5.41) is 0. The number of hydrogen-bond acceptors (Lipinski definition) is 5. The van der Waals surface area contributed by atoms with E-state index in [0.717, 1.165) is 38.7 Å². The van der Waals surface area contributed by atoms with Crippen molar-refractivity contribution in [3.05, 3.63) is 47.7 Å². The number of nitrogens with one attached hydrogen (secondary N) is 1. The van der Waals surface area contributed by atoms with E-state index in [2.05, 4.69) is 40.3 Å². The second-order valence-corrected chi connectivity index (χ2v) is 9.48. The zero-order valence-corrected chi connectivity index (χ0v) is 18.6. The molecule has 0 unspecified atom stereocenters. The van der Waals surface area contributed by atoms with Crippen LogP contribution in [0.2, 0.25) is 0 Å². The van der Waals surface area contributed by atoms with Crippen LogP contribution in [-0.2, 0) is 10.0 Å². The molecule has 2 aromatic rings. The largest absolute Gasteiger partial charge is 0.370 e. The average Bonchev–Trinajstić information content (AvgIpc) is 3.04. The van der Waals surface area contributed by atoms with Crippen LogP contribution in [0.1, 0.15) is 32.8 Å². The summed E-state index contributed by atoms with van der Waals surface area (Å²) in [5.41, 5.74) is 0.928. The lowest BCUT2D eigenvalue weighted by atomic mass is 9.99. The lowest BCUT2D eigenvalue weighted by Gasteiger charge is -2.37. The van der Waals surface area contributed by atoms with E-state index in [1.165, 1.54) is 18.2 Å². The molecular formula is C21H28F2N4O2S. The van der Waals surface area contributed by atoms with Gasteiger partial charge in [-0.15, -0.1) is 0 Å². The number of likely N-dealkylation sites (N-methyl/N-ethyl adjacent to an activating group) is 1. The Kier molecular flexibility index (Phi) is 6.33. The fraction of sp³-hybridized carbons (Fsp3) is 0.476. The van der Waals surface area contributed by atoms with Crippen molar-refractivity contribution in [3.8, 4) is 0 Å². The lowest BCUT2D eigenvalue weighted by molar-refractivity contribution is 0.137. The summed E-state index contributed by atoms with van der Waals surface area (Å²) in [5.74, 6) is -1.87. The summed E-state index contributed by atoms with van der Waals surface area (Å²) >= 11 is 0. The number of sulfonamides is 1. The smallest absolute Gasteiger partial charge is 0.266 e. The minimum atomic E-state index is -4.26. The van der Waals surface area contributed by atoms with Gasteiger partial charge in [0.25, 0.3) is 10.0 Å². The Balaban J connectivity index is 1.87. The highest BCUT2D eigenvalue weighted by atomic mass is 32.2. The van der Waals surface area contributed by atoms with Crippen molar-refractivity contribution in [2.75, 3.05) is 35.8 Å². The van der Waals surface area contributed by atoms with Gasteiger partial charge in [-0.3, -0.25) is 9.62 Å². The minimum Gasteiger partial charge on any atom is -0.370 e. The molecule has 2 heterocycles. The van der Waals surface area contributed by atoms with Gasteiger partial charge in [0, 0.05) is 24.3 Å². The molecular weight excluding hydrogens is 410 g/mol. The Bertz CT molecular complexity index is 1000. The molecule has 0 spiro atoms. The Morgan fingerprint density at radius 3 is 2.53 bits per heavy atom. The molecule has 9 heteroatoms. The van der Waals surface area contributed by atoms with Crippen LogP contribution in [0.3, 0.4) is 0 Å². The second-order valence-electron chi connectivity index (χ2n) is 7.87. The molecule has 1 atom stereocenters. The third-order valence-corrected chi connectivity index (χ3v) is 7.31. The van der Waals surface area contributed by atoms with Crippen LogP contribution in [0.4, 0.5) is 20.3 Å². The van der Waals surface area contributed by atoms with Crippen LogP contribution in [0.25, 0.3) is 0 Å². The third kappa shape index (κ3) is 4.41. The lowest BCUT2D eigenvalue weighted by Crippen LogP contribution is -2.48. The van der Waals surface area contributed by atoms with Crippen LogP contribution >= 0.6 is 0 Å². The van der Waals surface area contributed by atoms with Gasteiger partial charge in [-0.2, -0.15) is 4.39 Å². The van der Waals surface area contributed by atoms with Crippen LogP contribution in [0, 0.1) is 18.7 Å². The Hall–Kier alpha value is -2.26. The summed E-state index contributed by atoms with van der Waals surface area (Å²) < 4.78 is 55.8. The monoisotopic (exact) mass is 438 g/mol. The zero-order valence-electron chi connectivity index (χ0n) is 17.7. The summed E-state index contributed by atoms with van der Waals surface area (Å²) in [7, 11) is -4.26. The van der Waals surface area contributed by atoms with E-state index in [1.54, 1.807) is 13.0 Å². The van der Waals surface area contributed by atoms with E-state index >= 15 is 0 Å². The quantitative estimate of drug-likeness (QED) is 0.667. The summed E-state index contributed by atoms with van der Waals surface area (Å²) in [6.07, 6.45) is 0.947. The summed E-state index contributed by atoms with van der Waals surface area (Å²) in [6.45, 7) is 11.4. The molecule has 1 N–H and O–H groups in total. The van der Waals surface area contributed by atoms with Crippen molar-refractivity contribution in [1.29, 1.82) is 0 Å². The summed E-state index contributed by atoms with van der Waals surface area (Å²) in [6, 6.07) is 6.67. The molecule has 164 valence electrons. The molecule has 1 aromatic heterocycles. The predicted octanol–water partition coefficient (Wildman–Crippen LogP) is 3.78. The number of rotatable bonds is 7. The maximum atomic E-state index is 15.0. The predicted molar refractivity (Wildman–Crippen MR) is 114 cm³/mol. The van der Waals surface area contributed by atoms with Crippen LogP contribution in [0.15, 0.2) is 35.2 Å². The van der Waals surface area contributed by atoms with Crippen molar-refractivity contribution in [2.45, 2.75) is 44.6 Å². The molecule has 0 aliphatic carbocycles. The molecule has 1 saturated heterocycles. The first-order valence-corrected chi connectivity index (χ1v) is 11.5. The standard InChI is InChI=1S/C21H28F2N4O2S/c1-5-27(6-2)21(4)10-11-26(14-21)16-12-15(3)20(17(22)13-16)30(28,29)25-19-9-7-8-18(23)24-19/h7-9,12-13H,5-6,10-11,14H2,1-4H3,(H,24,25)/t21-/m1/s1. The topological polar surface area (TPSA) is 65.5 Å². The number of aryl methyl sites for hydroxylation is 1. The van der Waals surface area contributed by atoms with E-state index < -0.39 is 26.7 Å². The van der Waals surface area contributed by atoms with Gasteiger partial charge in [-0.1, -0.05) is 19.9 Å². The number of aromatic nitrogens is 1. The van der Waals surface area contributed by atoms with Crippen LogP contribution in [-0.4, -0.2) is 50.0 Å². The maximum absolute atomic E-state index is 15.0. The second kappa shape index (κ2) is 8.47. The average molecular weight is 439 g/mol. The minimum absolute atomic E-state index is 0.0107. The van der Waals surface area contributed by atoms with Gasteiger partial charge in [0.2, 0.25) is 5.95 Å². The van der Waals surface area contributed by atoms with Crippen LogP contribution in [0.5, 0.6) is 0 Å². The van der Waals surface area contributed by atoms with E-state index in [9.17, 15) is 17.2 Å². The molecule has 1 fully saturated rings. The number of anilines is 2. The van der Waals surface area contributed by atoms with Gasteiger partial charge < -0.3 is 4.90 Å². The normalized spacial score (nSPS) is 19.5. The van der Waals surface area contributed by atoms with Gasteiger partial charge in [-0.05, 0) is 63.2 Å². The maximum Gasteiger partial charge on any atom is 0.266 e. The van der Waals surface area contributed by atoms with E-state index in [0.29, 0.717) is 5.69 Å². The fourth-order valence-corrected chi connectivity index (χ4v) is 5.59. The molecule has 0 bridgehead atoms. The molecule has 1 aliphatic heterocycles. The molecule has 0 saturated carbocycles. The van der Waals surface area contributed by atoms with Crippen molar-refractivity contribution in [2.24, 2.45) is 0 Å². The Labute approximate surface area is 177 Å². The van der Waals surface area contributed by atoms with Crippen LogP contribution < -0.4 is 9.62 Å². The first kappa shape index (κ1) is 22.4. The van der Waals surface area contributed by atoms with Crippen molar-refractivity contribution < 1.29 is 17.2 Å². The molecule has 6 nitrogen and oxygen atoms in total. The van der Waals surface area contributed by atoms with Gasteiger partial charge in [0.1, 0.15) is 16.5 Å². The molecule has 0 radical (unpaired) electrons. The third-order valence-electron chi connectivity index (χ3n) is 5.78. The molecule has 1 aromatic carbocycles. The number of nitrogens with zero attached hydrogens (tertiary/aromatic N) is 3. The van der Waals surface area contributed by atoms with E-state index in [1.807, 2.05) is 0 Å². The number of halogens is 2. The number of benzene rings is 1. The first-order valence-electron chi connectivity index (χ1n) is 10.0. The fourth-order valence-electron chi connectivity index (χ4n) is 4.30. The van der Waals surface area contributed by atoms with Crippen molar-refractivity contribution in [1.82, 2.24) is 9.88 Å². The molecule has 1 aliphatic rings. The van der Waals surface area contributed by atoms with Crippen molar-refractivity contribution in [3.63, 3.8) is 0 Å². The van der Waals surface area contributed by atoms with Gasteiger partial charge >= 0.3 is 0 Å².